The lowest BCUT2D eigenvalue weighted by Gasteiger charge is -2.36. The van der Waals surface area contributed by atoms with Gasteiger partial charge in [0.1, 0.15) is 11.9 Å². The first kappa shape index (κ1) is 21.7. The zero-order valence-electron chi connectivity index (χ0n) is 15.7. The molecule has 152 valence electrons. The third-order valence-electron chi connectivity index (χ3n) is 4.30. The highest BCUT2D eigenvalue weighted by atomic mass is 32.1. The molecule has 2 N–H and O–H groups in total. The first-order valence-corrected chi connectivity index (χ1v) is 9.64. The van der Waals surface area contributed by atoms with Gasteiger partial charge in [0, 0.05) is 13.1 Å². The number of esters is 1. The molecule has 1 aromatic carbocycles. The topological polar surface area (TPSA) is 87.7 Å². The molecule has 0 bridgehead atoms. The first-order valence-electron chi connectivity index (χ1n) is 9.23. The van der Waals surface area contributed by atoms with Gasteiger partial charge in [-0.05, 0) is 30.8 Å². The van der Waals surface area contributed by atoms with Crippen LogP contribution in [0.15, 0.2) is 24.3 Å². The van der Waals surface area contributed by atoms with Crippen molar-refractivity contribution >= 4 is 35.1 Å². The number of amides is 2. The van der Waals surface area contributed by atoms with E-state index in [1.54, 1.807) is 0 Å². The minimum atomic E-state index is -0.888. The van der Waals surface area contributed by atoms with E-state index in [0.717, 1.165) is 19.3 Å². The number of nitrogens with zero attached hydrogens (tertiary/aromatic N) is 1. The predicted molar refractivity (Wildman–Crippen MR) is 105 cm³/mol. The molecule has 9 heteroatoms. The second-order valence-electron chi connectivity index (χ2n) is 6.37. The van der Waals surface area contributed by atoms with Crippen molar-refractivity contribution < 1.29 is 23.5 Å². The molecule has 1 aliphatic rings. The monoisotopic (exact) mass is 409 g/mol. The number of hydrogen-bond donors (Lipinski definition) is 2. The van der Waals surface area contributed by atoms with Gasteiger partial charge in [-0.1, -0.05) is 31.9 Å². The van der Waals surface area contributed by atoms with E-state index in [1.807, 2.05) is 6.92 Å². The molecule has 0 aromatic heterocycles. The Morgan fingerprint density at radius 2 is 2.11 bits per heavy atom. The molecule has 1 heterocycles. The van der Waals surface area contributed by atoms with Crippen LogP contribution >= 0.6 is 12.2 Å². The second-order valence-corrected chi connectivity index (χ2v) is 6.76. The average Bonchev–Trinajstić information content (AvgIpc) is 2.67. The third kappa shape index (κ3) is 5.98. The highest BCUT2D eigenvalue weighted by Crippen LogP contribution is 2.12. The van der Waals surface area contributed by atoms with Crippen LogP contribution in [0.25, 0.3) is 0 Å². The minimum Gasteiger partial charge on any atom is -0.466 e. The van der Waals surface area contributed by atoms with Gasteiger partial charge in [-0.2, -0.15) is 0 Å². The van der Waals surface area contributed by atoms with Gasteiger partial charge in [0.25, 0.3) is 5.91 Å². The Bertz CT molecular complexity index is 744. The molecule has 1 unspecified atom stereocenters. The van der Waals surface area contributed by atoms with Crippen LogP contribution in [0.2, 0.25) is 0 Å². The van der Waals surface area contributed by atoms with Crippen molar-refractivity contribution in [3.63, 3.8) is 0 Å². The van der Waals surface area contributed by atoms with Crippen molar-refractivity contribution in [2.75, 3.05) is 19.7 Å². The Morgan fingerprint density at radius 1 is 1.36 bits per heavy atom. The number of rotatable bonds is 7. The number of hydrogen-bond acceptors (Lipinski definition) is 5. The van der Waals surface area contributed by atoms with Gasteiger partial charge in [-0.15, -0.1) is 0 Å². The molecule has 1 aromatic rings. The van der Waals surface area contributed by atoms with Crippen LogP contribution in [0.3, 0.4) is 0 Å². The van der Waals surface area contributed by atoms with E-state index in [4.69, 9.17) is 17.0 Å². The molecule has 0 saturated carbocycles. The summed E-state index contributed by atoms with van der Waals surface area (Å²) in [5, 5.41) is 5.07. The fraction of sp³-hybridized carbons (Fsp3) is 0.474. The van der Waals surface area contributed by atoms with Crippen LogP contribution in [0.1, 0.15) is 43.0 Å². The van der Waals surface area contributed by atoms with Crippen LogP contribution < -0.4 is 10.6 Å². The molecule has 28 heavy (non-hydrogen) atoms. The van der Waals surface area contributed by atoms with E-state index in [9.17, 15) is 18.8 Å². The Balaban J connectivity index is 1.99. The van der Waals surface area contributed by atoms with Crippen LogP contribution in [0, 0.1) is 5.82 Å². The van der Waals surface area contributed by atoms with Gasteiger partial charge < -0.3 is 15.0 Å². The number of thiocarbonyl (C=S) groups is 1. The summed E-state index contributed by atoms with van der Waals surface area (Å²) < 4.78 is 18.9. The summed E-state index contributed by atoms with van der Waals surface area (Å²) in [6.45, 7) is 2.98. The first-order chi connectivity index (χ1) is 13.4. The number of unbranched alkanes of at least 4 members (excludes halogenated alkanes) is 2. The number of nitrogens with one attached hydrogen (secondary N) is 2. The Kier molecular flexibility index (Phi) is 8.31. The van der Waals surface area contributed by atoms with Gasteiger partial charge in [-0.25, -0.2) is 4.39 Å². The second kappa shape index (κ2) is 10.7. The molecule has 1 saturated heterocycles. The summed E-state index contributed by atoms with van der Waals surface area (Å²) in [6.07, 6.45) is 2.54. The lowest BCUT2D eigenvalue weighted by Crippen LogP contribution is -2.60. The van der Waals surface area contributed by atoms with Crippen LogP contribution in [0.4, 0.5) is 4.39 Å². The smallest absolute Gasteiger partial charge is 0.308 e. The van der Waals surface area contributed by atoms with Gasteiger partial charge in [0.15, 0.2) is 5.11 Å². The van der Waals surface area contributed by atoms with Crippen molar-refractivity contribution in [3.8, 4) is 0 Å². The van der Waals surface area contributed by atoms with E-state index in [-0.39, 0.29) is 23.0 Å². The van der Waals surface area contributed by atoms with E-state index < -0.39 is 23.7 Å². The maximum atomic E-state index is 13.8. The summed E-state index contributed by atoms with van der Waals surface area (Å²) in [5.74, 6) is -2.27. The normalized spacial score (nSPS) is 16.3. The van der Waals surface area contributed by atoms with Crippen molar-refractivity contribution in [2.45, 2.75) is 38.6 Å². The lowest BCUT2D eigenvalue weighted by atomic mass is 10.1. The van der Waals surface area contributed by atoms with Crippen molar-refractivity contribution in [3.05, 3.63) is 35.6 Å². The Labute approximate surface area is 168 Å². The van der Waals surface area contributed by atoms with Gasteiger partial charge >= 0.3 is 5.97 Å². The molecule has 2 amide bonds. The standard InChI is InChI=1S/C19H24FN3O4S/c1-2-3-6-11-27-16(24)12-15-18(26)21-9-10-23(15)19(28)22-17(25)13-7-4-5-8-14(13)20/h4-5,7-8,15H,2-3,6,9-12H2,1H3,(H,21,26)(H,22,25,28). The molecule has 0 aliphatic carbocycles. The zero-order chi connectivity index (χ0) is 20.5. The van der Waals surface area contributed by atoms with Crippen LogP contribution in [-0.4, -0.2) is 53.5 Å². The molecule has 0 radical (unpaired) electrons. The minimum absolute atomic E-state index is 0.0353. The van der Waals surface area contributed by atoms with E-state index >= 15 is 0 Å². The van der Waals surface area contributed by atoms with E-state index in [1.165, 1.54) is 29.2 Å². The summed E-state index contributed by atoms with van der Waals surface area (Å²) >= 11 is 5.24. The molecule has 2 rings (SSSR count). The largest absolute Gasteiger partial charge is 0.466 e. The zero-order valence-corrected chi connectivity index (χ0v) is 16.5. The molecule has 1 atom stereocenters. The Morgan fingerprint density at radius 3 is 2.82 bits per heavy atom. The molecule has 7 nitrogen and oxygen atoms in total. The number of halogens is 1. The number of carbonyl (C=O) groups excluding carboxylic acids is 3. The predicted octanol–water partition coefficient (Wildman–Crippen LogP) is 1.76. The molecule has 1 aliphatic heterocycles. The number of ether oxygens (including phenoxy) is 1. The van der Waals surface area contributed by atoms with Gasteiger partial charge in [-0.3, -0.25) is 19.7 Å². The quantitative estimate of drug-likeness (QED) is 0.405. The van der Waals surface area contributed by atoms with Gasteiger partial charge in [0.05, 0.1) is 18.6 Å². The number of benzene rings is 1. The Hall–Kier alpha value is -2.55. The fourth-order valence-electron chi connectivity index (χ4n) is 2.80. The molecule has 1 fully saturated rings. The summed E-state index contributed by atoms with van der Waals surface area (Å²) in [6, 6.07) is 4.63. The fourth-order valence-corrected chi connectivity index (χ4v) is 3.11. The number of carbonyl (C=O) groups is 3. The molecular formula is C19H24FN3O4S. The summed E-state index contributed by atoms with van der Waals surface area (Å²) in [5.41, 5.74) is -0.154. The number of piperazine rings is 1. The maximum absolute atomic E-state index is 13.8. The molecule has 0 spiro atoms. The lowest BCUT2D eigenvalue weighted by molar-refractivity contribution is -0.147. The van der Waals surface area contributed by atoms with E-state index in [2.05, 4.69) is 10.6 Å². The van der Waals surface area contributed by atoms with Gasteiger partial charge in [0.2, 0.25) is 5.91 Å². The van der Waals surface area contributed by atoms with E-state index in [0.29, 0.717) is 19.7 Å². The molecular weight excluding hydrogens is 385 g/mol. The maximum Gasteiger partial charge on any atom is 0.308 e. The van der Waals surface area contributed by atoms with Crippen LogP contribution in [0.5, 0.6) is 0 Å². The highest BCUT2D eigenvalue weighted by molar-refractivity contribution is 7.80. The van der Waals surface area contributed by atoms with Crippen molar-refractivity contribution in [2.24, 2.45) is 0 Å². The van der Waals surface area contributed by atoms with Crippen LogP contribution in [-0.2, 0) is 14.3 Å². The third-order valence-corrected chi connectivity index (χ3v) is 4.64. The van der Waals surface area contributed by atoms with Crippen molar-refractivity contribution in [1.29, 1.82) is 0 Å². The van der Waals surface area contributed by atoms with Crippen molar-refractivity contribution in [1.82, 2.24) is 15.5 Å². The summed E-state index contributed by atoms with van der Waals surface area (Å²) in [4.78, 5) is 38.0. The average molecular weight is 409 g/mol. The SMILES string of the molecule is CCCCCOC(=O)CC1C(=O)NCCN1C(=S)NC(=O)c1ccccc1F. The highest BCUT2D eigenvalue weighted by Gasteiger charge is 2.34. The summed E-state index contributed by atoms with van der Waals surface area (Å²) in [7, 11) is 0.